The molecule has 1 atom stereocenters. The van der Waals surface area contributed by atoms with Gasteiger partial charge in [0.2, 0.25) is 5.91 Å². The van der Waals surface area contributed by atoms with Crippen LogP contribution in [0.25, 0.3) is 6.08 Å². The molecule has 0 aliphatic carbocycles. The molecular weight excluding hydrogens is 395 g/mol. The Morgan fingerprint density at radius 2 is 1.86 bits per heavy atom. The minimum absolute atomic E-state index is 0.0841. The summed E-state index contributed by atoms with van der Waals surface area (Å²) < 4.78 is 43.4. The number of halogens is 4. The topological polar surface area (TPSA) is 55.4 Å². The Hall–Kier alpha value is -2.80. The number of ether oxygens (including phenoxy) is 1. The quantitative estimate of drug-likeness (QED) is 0.549. The summed E-state index contributed by atoms with van der Waals surface area (Å²) in [4.78, 5) is 23.8. The zero-order valence-corrected chi connectivity index (χ0v) is 15.6. The number of amides is 1. The number of hydrogen-bond acceptors (Lipinski definition) is 3. The van der Waals surface area contributed by atoms with E-state index in [1.807, 2.05) is 0 Å². The molecule has 0 aliphatic heterocycles. The Bertz CT molecular complexity index is 867. The first-order valence-corrected chi connectivity index (χ1v) is 8.55. The van der Waals surface area contributed by atoms with Gasteiger partial charge in [0.15, 0.2) is 0 Å². The summed E-state index contributed by atoms with van der Waals surface area (Å²) in [5, 5.41) is 2.23. The van der Waals surface area contributed by atoms with E-state index in [1.165, 1.54) is 19.3 Å². The average Bonchev–Trinajstić information content (AvgIpc) is 2.66. The highest BCUT2D eigenvalue weighted by Crippen LogP contribution is 2.35. The summed E-state index contributed by atoms with van der Waals surface area (Å²) in [6.07, 6.45) is -2.35. The molecule has 0 heterocycles. The summed E-state index contributed by atoms with van der Waals surface area (Å²) in [5.74, 6) is -1.08. The fourth-order valence-corrected chi connectivity index (χ4v) is 2.67. The van der Waals surface area contributed by atoms with Gasteiger partial charge in [0.25, 0.3) is 0 Å². The SMILES string of the molecule is COC(=O)CC(NC(=O)/C=C/c1ccc(Cl)c(C(F)(F)F)c1)c1ccccc1. The third-order valence-corrected chi connectivity index (χ3v) is 4.17. The van der Waals surface area contributed by atoms with Crippen LogP contribution in [0, 0.1) is 0 Å². The lowest BCUT2D eigenvalue weighted by Gasteiger charge is -2.17. The fourth-order valence-electron chi connectivity index (χ4n) is 2.44. The molecule has 1 N–H and O–H groups in total. The summed E-state index contributed by atoms with van der Waals surface area (Å²) in [6.45, 7) is 0. The van der Waals surface area contributed by atoms with Crippen LogP contribution in [0.4, 0.5) is 13.2 Å². The van der Waals surface area contributed by atoms with Crippen molar-refractivity contribution in [3.05, 3.63) is 76.3 Å². The van der Waals surface area contributed by atoms with Gasteiger partial charge in [-0.1, -0.05) is 48.0 Å². The normalized spacial score (nSPS) is 12.6. The smallest absolute Gasteiger partial charge is 0.417 e. The highest BCUT2D eigenvalue weighted by atomic mass is 35.5. The maximum Gasteiger partial charge on any atom is 0.417 e. The van der Waals surface area contributed by atoms with Crippen molar-refractivity contribution < 1.29 is 27.5 Å². The van der Waals surface area contributed by atoms with Crippen LogP contribution in [0.15, 0.2) is 54.6 Å². The second kappa shape index (κ2) is 9.41. The molecule has 0 aliphatic rings. The van der Waals surface area contributed by atoms with Crippen molar-refractivity contribution in [2.45, 2.75) is 18.6 Å². The molecular formula is C20H17ClF3NO3. The first-order chi connectivity index (χ1) is 13.2. The molecule has 1 unspecified atom stereocenters. The van der Waals surface area contributed by atoms with Crippen LogP contribution in [-0.2, 0) is 20.5 Å². The van der Waals surface area contributed by atoms with E-state index in [4.69, 9.17) is 11.6 Å². The molecule has 148 valence electrons. The molecule has 2 aromatic carbocycles. The van der Waals surface area contributed by atoms with Gasteiger partial charge in [-0.2, -0.15) is 13.2 Å². The molecule has 8 heteroatoms. The Morgan fingerprint density at radius 3 is 2.46 bits per heavy atom. The van der Waals surface area contributed by atoms with E-state index in [9.17, 15) is 22.8 Å². The number of rotatable bonds is 6. The molecule has 0 saturated heterocycles. The van der Waals surface area contributed by atoms with Crippen molar-refractivity contribution in [2.24, 2.45) is 0 Å². The van der Waals surface area contributed by atoms with E-state index in [0.717, 1.165) is 18.2 Å². The third-order valence-electron chi connectivity index (χ3n) is 3.84. The van der Waals surface area contributed by atoms with Gasteiger partial charge in [-0.15, -0.1) is 0 Å². The number of carbonyl (C=O) groups is 2. The van der Waals surface area contributed by atoms with Crippen LogP contribution in [0.2, 0.25) is 5.02 Å². The molecule has 0 saturated carbocycles. The van der Waals surface area contributed by atoms with E-state index < -0.39 is 34.7 Å². The van der Waals surface area contributed by atoms with Crippen LogP contribution in [0.5, 0.6) is 0 Å². The molecule has 0 aromatic heterocycles. The second-order valence-corrected chi connectivity index (χ2v) is 6.23. The van der Waals surface area contributed by atoms with E-state index in [-0.39, 0.29) is 12.0 Å². The van der Waals surface area contributed by atoms with Crippen molar-refractivity contribution in [1.82, 2.24) is 5.32 Å². The number of benzene rings is 2. The molecule has 0 radical (unpaired) electrons. The number of alkyl halides is 3. The second-order valence-electron chi connectivity index (χ2n) is 5.82. The van der Waals surface area contributed by atoms with Crippen LogP contribution < -0.4 is 5.32 Å². The molecule has 0 spiro atoms. The first-order valence-electron chi connectivity index (χ1n) is 8.18. The Morgan fingerprint density at radius 1 is 1.18 bits per heavy atom. The van der Waals surface area contributed by atoms with Gasteiger partial charge in [0, 0.05) is 6.08 Å². The fraction of sp³-hybridized carbons (Fsp3) is 0.200. The zero-order valence-electron chi connectivity index (χ0n) is 14.8. The minimum atomic E-state index is -4.60. The van der Waals surface area contributed by atoms with Crippen molar-refractivity contribution >= 4 is 29.6 Å². The van der Waals surface area contributed by atoms with E-state index >= 15 is 0 Å². The lowest BCUT2D eigenvalue weighted by atomic mass is 10.0. The van der Waals surface area contributed by atoms with Crippen LogP contribution >= 0.6 is 11.6 Å². The first kappa shape index (κ1) is 21.5. The molecule has 0 fully saturated rings. The minimum Gasteiger partial charge on any atom is -0.469 e. The molecule has 28 heavy (non-hydrogen) atoms. The third kappa shape index (κ3) is 6.13. The number of carbonyl (C=O) groups excluding carboxylic acids is 2. The van der Waals surface area contributed by atoms with E-state index in [0.29, 0.717) is 5.56 Å². The average molecular weight is 412 g/mol. The summed E-state index contributed by atoms with van der Waals surface area (Å²) in [6, 6.07) is 11.5. The maximum absolute atomic E-state index is 12.9. The monoisotopic (exact) mass is 411 g/mol. The molecule has 2 rings (SSSR count). The van der Waals surface area contributed by atoms with Gasteiger partial charge in [-0.25, -0.2) is 0 Å². The Labute approximate surface area is 165 Å². The van der Waals surface area contributed by atoms with Gasteiger partial charge in [0.1, 0.15) is 0 Å². The van der Waals surface area contributed by atoms with E-state index in [1.54, 1.807) is 30.3 Å². The number of methoxy groups -OCH3 is 1. The number of hydrogen-bond donors (Lipinski definition) is 1. The molecule has 0 bridgehead atoms. The summed E-state index contributed by atoms with van der Waals surface area (Å²) in [7, 11) is 1.24. The van der Waals surface area contributed by atoms with Gasteiger partial charge in [-0.05, 0) is 29.3 Å². The van der Waals surface area contributed by atoms with Crippen molar-refractivity contribution in [1.29, 1.82) is 0 Å². The van der Waals surface area contributed by atoms with Crippen LogP contribution in [-0.4, -0.2) is 19.0 Å². The zero-order chi connectivity index (χ0) is 20.7. The predicted molar refractivity (Wildman–Crippen MR) is 99.4 cm³/mol. The van der Waals surface area contributed by atoms with Gasteiger partial charge >= 0.3 is 12.1 Å². The number of esters is 1. The molecule has 4 nitrogen and oxygen atoms in total. The van der Waals surface area contributed by atoms with Crippen molar-refractivity contribution in [3.8, 4) is 0 Å². The lowest BCUT2D eigenvalue weighted by molar-refractivity contribution is -0.141. The van der Waals surface area contributed by atoms with Gasteiger partial charge in [0.05, 0.1) is 30.2 Å². The Balaban J connectivity index is 2.15. The van der Waals surface area contributed by atoms with E-state index in [2.05, 4.69) is 10.1 Å². The molecule has 2 aromatic rings. The highest BCUT2D eigenvalue weighted by molar-refractivity contribution is 6.31. The predicted octanol–water partition coefficient (Wildman–Crippen LogP) is 4.79. The highest BCUT2D eigenvalue weighted by Gasteiger charge is 2.33. The van der Waals surface area contributed by atoms with Gasteiger partial charge in [-0.3, -0.25) is 9.59 Å². The Kier molecular flexibility index (Phi) is 7.23. The lowest BCUT2D eigenvalue weighted by Crippen LogP contribution is -2.29. The van der Waals surface area contributed by atoms with Crippen molar-refractivity contribution in [2.75, 3.05) is 7.11 Å². The standard InChI is InChI=1S/C20H17ClF3NO3/c1-28-19(27)12-17(14-5-3-2-4-6-14)25-18(26)10-8-13-7-9-16(21)15(11-13)20(22,23)24/h2-11,17H,12H2,1H3,(H,25,26)/b10-8+. The maximum atomic E-state index is 12.9. The number of nitrogens with one attached hydrogen (secondary N) is 1. The van der Waals surface area contributed by atoms with Crippen molar-refractivity contribution in [3.63, 3.8) is 0 Å². The van der Waals surface area contributed by atoms with Crippen LogP contribution in [0.1, 0.15) is 29.2 Å². The summed E-state index contributed by atoms with van der Waals surface area (Å²) in [5.41, 5.74) is -0.124. The largest absolute Gasteiger partial charge is 0.469 e. The molecule has 1 amide bonds. The van der Waals surface area contributed by atoms with Gasteiger partial charge < -0.3 is 10.1 Å². The summed E-state index contributed by atoms with van der Waals surface area (Å²) >= 11 is 5.58. The van der Waals surface area contributed by atoms with Crippen LogP contribution in [0.3, 0.4) is 0 Å².